The van der Waals surface area contributed by atoms with Gasteiger partial charge in [-0.2, -0.15) is 13.2 Å². The summed E-state index contributed by atoms with van der Waals surface area (Å²) in [6.07, 6.45) is -2.78. The van der Waals surface area contributed by atoms with Crippen molar-refractivity contribution in [2.24, 2.45) is 0 Å². The molecule has 10 heteroatoms. The first-order valence-electron chi connectivity index (χ1n) is 9.79. The van der Waals surface area contributed by atoms with Gasteiger partial charge in [-0.3, -0.25) is 9.59 Å². The number of carbonyl (C=O) groups excluding carboxylic acids is 2. The molecule has 0 aliphatic rings. The second-order valence-corrected chi connectivity index (χ2v) is 6.88. The molecule has 0 saturated carbocycles. The first-order chi connectivity index (χ1) is 14.5. The number of nitrogens with one attached hydrogen (secondary N) is 1. The molecule has 1 unspecified atom stereocenters. The molecule has 0 spiro atoms. The predicted molar refractivity (Wildman–Crippen MR) is 109 cm³/mol. The number of aromatic nitrogens is 2. The molecular formula is C21H25F3N4O3. The number of aryl methyl sites for hydroxylation is 1. The van der Waals surface area contributed by atoms with Crippen molar-refractivity contribution in [3.8, 4) is 5.88 Å². The van der Waals surface area contributed by atoms with Crippen LogP contribution in [0.3, 0.4) is 0 Å². The van der Waals surface area contributed by atoms with Crippen molar-refractivity contribution in [1.29, 1.82) is 0 Å². The highest BCUT2D eigenvalue weighted by molar-refractivity contribution is 5.96. The van der Waals surface area contributed by atoms with Crippen LogP contribution >= 0.6 is 0 Å². The number of ether oxygens (including phenoxy) is 1. The molecule has 0 fully saturated rings. The highest BCUT2D eigenvalue weighted by Crippen LogP contribution is 2.24. The number of hydrogen-bond donors (Lipinski definition) is 1. The first-order valence-corrected chi connectivity index (χ1v) is 9.79. The summed E-state index contributed by atoms with van der Waals surface area (Å²) in [6, 6.07) is 5.66. The van der Waals surface area contributed by atoms with Gasteiger partial charge in [-0.25, -0.2) is 9.97 Å². The Balaban J connectivity index is 2.19. The van der Waals surface area contributed by atoms with Crippen LogP contribution in [0.5, 0.6) is 5.88 Å². The summed E-state index contributed by atoms with van der Waals surface area (Å²) in [5, 5.41) is 2.65. The molecular weight excluding hydrogens is 413 g/mol. The van der Waals surface area contributed by atoms with Gasteiger partial charge in [0.15, 0.2) is 6.61 Å². The maximum atomic E-state index is 13.1. The fourth-order valence-electron chi connectivity index (χ4n) is 2.91. The number of rotatable bonds is 8. The van der Waals surface area contributed by atoms with Crippen LogP contribution in [0.2, 0.25) is 0 Å². The van der Waals surface area contributed by atoms with Crippen molar-refractivity contribution in [2.75, 3.05) is 18.5 Å². The van der Waals surface area contributed by atoms with Gasteiger partial charge in [-0.15, -0.1) is 0 Å². The Labute approximate surface area is 178 Å². The van der Waals surface area contributed by atoms with Crippen LogP contribution in [0, 0.1) is 6.92 Å². The van der Waals surface area contributed by atoms with Gasteiger partial charge in [0.1, 0.15) is 5.82 Å². The molecule has 0 radical (unpaired) electrons. The molecule has 2 rings (SSSR count). The van der Waals surface area contributed by atoms with E-state index in [1.807, 2.05) is 6.92 Å². The van der Waals surface area contributed by atoms with E-state index in [-0.39, 0.29) is 24.1 Å². The van der Waals surface area contributed by atoms with E-state index in [9.17, 15) is 22.8 Å². The van der Waals surface area contributed by atoms with Crippen molar-refractivity contribution < 1.29 is 27.5 Å². The average molecular weight is 438 g/mol. The zero-order chi connectivity index (χ0) is 23.2. The normalized spacial score (nSPS) is 12.2. The maximum Gasteiger partial charge on any atom is 0.422 e. The number of carbonyl (C=O) groups is 2. The van der Waals surface area contributed by atoms with Crippen LogP contribution in [0.1, 0.15) is 54.8 Å². The number of nitrogens with zero attached hydrogens (tertiary/aromatic N) is 3. The fourth-order valence-corrected chi connectivity index (χ4v) is 2.91. The topological polar surface area (TPSA) is 84.4 Å². The van der Waals surface area contributed by atoms with Gasteiger partial charge in [-0.1, -0.05) is 13.0 Å². The van der Waals surface area contributed by atoms with Gasteiger partial charge in [0, 0.05) is 36.5 Å². The third-order valence-electron chi connectivity index (χ3n) is 4.48. The van der Waals surface area contributed by atoms with Crippen LogP contribution < -0.4 is 10.1 Å². The van der Waals surface area contributed by atoms with E-state index in [1.54, 1.807) is 37.8 Å². The molecule has 0 aromatic carbocycles. The average Bonchev–Trinajstić information content (AvgIpc) is 2.71. The van der Waals surface area contributed by atoms with E-state index in [0.717, 1.165) is 0 Å². The Morgan fingerprint density at radius 1 is 1.23 bits per heavy atom. The van der Waals surface area contributed by atoms with Crippen molar-refractivity contribution in [1.82, 2.24) is 14.9 Å². The lowest BCUT2D eigenvalue weighted by Gasteiger charge is -2.28. The third kappa shape index (κ3) is 6.94. The van der Waals surface area contributed by atoms with Crippen LogP contribution in [0.25, 0.3) is 0 Å². The number of anilines is 1. The summed E-state index contributed by atoms with van der Waals surface area (Å²) in [6.45, 7) is 6.00. The predicted octanol–water partition coefficient (Wildman–Crippen LogP) is 4.30. The number of pyridine rings is 2. The van der Waals surface area contributed by atoms with Gasteiger partial charge in [0.05, 0.1) is 6.04 Å². The molecule has 0 aliphatic carbocycles. The lowest BCUT2D eigenvalue weighted by molar-refractivity contribution is -0.154. The summed E-state index contributed by atoms with van der Waals surface area (Å²) in [7, 11) is 0. The van der Waals surface area contributed by atoms with E-state index in [0.29, 0.717) is 29.2 Å². The Kier molecular flexibility index (Phi) is 7.95. The fraction of sp³-hybridized carbons (Fsp3) is 0.429. The summed E-state index contributed by atoms with van der Waals surface area (Å²) in [5.41, 5.74) is 1.58. The second kappa shape index (κ2) is 10.2. The molecule has 2 aromatic heterocycles. The number of hydrogen-bond acceptors (Lipinski definition) is 5. The Bertz CT molecular complexity index is 917. The van der Waals surface area contributed by atoms with Gasteiger partial charge in [0.2, 0.25) is 11.8 Å². The van der Waals surface area contributed by atoms with E-state index >= 15 is 0 Å². The van der Waals surface area contributed by atoms with Gasteiger partial charge in [0.25, 0.3) is 5.91 Å². The molecule has 1 N–H and O–H groups in total. The molecule has 7 nitrogen and oxygen atoms in total. The SMILES string of the molecule is CCC(=O)Nc1cc(C(=O)N(CC)C(C)c2ccc(OCC(F)(F)F)nc2)cc(C)n1. The van der Waals surface area contributed by atoms with Crippen molar-refractivity contribution in [2.45, 2.75) is 46.3 Å². The molecule has 2 heterocycles. The zero-order valence-electron chi connectivity index (χ0n) is 17.8. The first kappa shape index (κ1) is 24.1. The zero-order valence-corrected chi connectivity index (χ0v) is 17.8. The monoisotopic (exact) mass is 438 g/mol. The summed E-state index contributed by atoms with van der Waals surface area (Å²) in [4.78, 5) is 34.5. The van der Waals surface area contributed by atoms with Crippen LogP contribution in [0.15, 0.2) is 30.5 Å². The number of halogens is 3. The standard InChI is InChI=1S/C21H25F3N4O3/c1-5-18(29)27-17-10-16(9-13(3)26-17)20(30)28(6-2)14(4)15-7-8-19(25-11-15)31-12-21(22,23)24/h7-11,14H,5-6,12H2,1-4H3,(H,26,27,29). The molecule has 0 saturated heterocycles. The molecule has 0 aliphatic heterocycles. The van der Waals surface area contributed by atoms with Gasteiger partial charge >= 0.3 is 6.18 Å². The Morgan fingerprint density at radius 2 is 1.94 bits per heavy atom. The lowest BCUT2D eigenvalue weighted by atomic mass is 10.1. The van der Waals surface area contributed by atoms with Crippen LogP contribution in [-0.2, 0) is 4.79 Å². The second-order valence-electron chi connectivity index (χ2n) is 6.88. The number of alkyl halides is 3. The smallest absolute Gasteiger partial charge is 0.422 e. The lowest BCUT2D eigenvalue weighted by Crippen LogP contribution is -2.33. The molecule has 2 amide bonds. The Morgan fingerprint density at radius 3 is 2.48 bits per heavy atom. The van der Waals surface area contributed by atoms with E-state index in [4.69, 9.17) is 0 Å². The highest BCUT2D eigenvalue weighted by Gasteiger charge is 2.29. The molecule has 0 bridgehead atoms. The van der Waals surface area contributed by atoms with Crippen molar-refractivity contribution >= 4 is 17.6 Å². The summed E-state index contributed by atoms with van der Waals surface area (Å²) in [5.74, 6) is -0.337. The summed E-state index contributed by atoms with van der Waals surface area (Å²) >= 11 is 0. The number of amides is 2. The van der Waals surface area contributed by atoms with Gasteiger partial charge < -0.3 is 15.0 Å². The molecule has 2 aromatic rings. The largest absolute Gasteiger partial charge is 0.468 e. The van der Waals surface area contributed by atoms with Crippen molar-refractivity contribution in [3.63, 3.8) is 0 Å². The van der Waals surface area contributed by atoms with Crippen LogP contribution in [0.4, 0.5) is 19.0 Å². The minimum absolute atomic E-state index is 0.149. The highest BCUT2D eigenvalue weighted by atomic mass is 19.4. The van der Waals surface area contributed by atoms with Crippen molar-refractivity contribution in [3.05, 3.63) is 47.3 Å². The minimum Gasteiger partial charge on any atom is -0.468 e. The molecule has 31 heavy (non-hydrogen) atoms. The summed E-state index contributed by atoms with van der Waals surface area (Å²) < 4.78 is 41.4. The third-order valence-corrected chi connectivity index (χ3v) is 4.48. The molecule has 1 atom stereocenters. The Hall–Kier alpha value is -3.17. The van der Waals surface area contributed by atoms with E-state index in [1.165, 1.54) is 18.3 Å². The quantitative estimate of drug-likeness (QED) is 0.664. The maximum absolute atomic E-state index is 13.1. The van der Waals surface area contributed by atoms with Gasteiger partial charge in [-0.05, 0) is 38.5 Å². The van der Waals surface area contributed by atoms with Crippen LogP contribution in [-0.4, -0.2) is 46.0 Å². The van der Waals surface area contributed by atoms with E-state index < -0.39 is 18.8 Å². The molecule has 168 valence electrons. The minimum atomic E-state index is -4.45. The van der Waals surface area contributed by atoms with E-state index in [2.05, 4.69) is 20.0 Å².